The molecule has 0 saturated carbocycles. The average molecular weight is 275 g/mol. The van der Waals surface area contributed by atoms with Crippen molar-refractivity contribution in [3.63, 3.8) is 0 Å². The first-order chi connectivity index (χ1) is 9.15. The summed E-state index contributed by atoms with van der Waals surface area (Å²) in [5, 5.41) is 8.88. The molecule has 0 fully saturated rings. The van der Waals surface area contributed by atoms with Gasteiger partial charge in [-0.1, -0.05) is 17.7 Å². The first-order valence-corrected chi connectivity index (χ1v) is 5.80. The number of hydrogen-bond acceptors (Lipinski definition) is 3. The second-order valence-corrected chi connectivity index (χ2v) is 4.19. The van der Waals surface area contributed by atoms with Gasteiger partial charge in [-0.2, -0.15) is 5.26 Å². The molecule has 0 saturated heterocycles. The molecule has 19 heavy (non-hydrogen) atoms. The number of ketones is 1. The van der Waals surface area contributed by atoms with Crippen molar-refractivity contribution in [2.45, 2.75) is 5.92 Å². The topological polar surface area (TPSA) is 53.8 Å². The Labute approximate surface area is 114 Å². The van der Waals surface area contributed by atoms with Crippen molar-refractivity contribution in [1.82, 2.24) is 4.98 Å². The van der Waals surface area contributed by atoms with Gasteiger partial charge in [0.1, 0.15) is 11.7 Å². The predicted octanol–water partition coefficient (Wildman–Crippen LogP) is 3.36. The Morgan fingerprint density at radius 3 is 2.63 bits per heavy atom. The van der Waals surface area contributed by atoms with Crippen LogP contribution in [0.2, 0.25) is 5.02 Å². The van der Waals surface area contributed by atoms with Crippen LogP contribution in [0.15, 0.2) is 42.7 Å². The van der Waals surface area contributed by atoms with E-state index in [9.17, 15) is 9.18 Å². The first-order valence-electron chi connectivity index (χ1n) is 5.43. The zero-order valence-electron chi connectivity index (χ0n) is 9.68. The van der Waals surface area contributed by atoms with Crippen LogP contribution in [-0.2, 0) is 0 Å². The Hall–Kier alpha value is -2.25. The van der Waals surface area contributed by atoms with E-state index in [-0.39, 0.29) is 10.6 Å². The van der Waals surface area contributed by atoms with Crippen molar-refractivity contribution in [1.29, 1.82) is 5.26 Å². The van der Waals surface area contributed by atoms with Crippen LogP contribution in [0.4, 0.5) is 4.39 Å². The molecule has 5 heteroatoms. The highest BCUT2D eigenvalue weighted by Gasteiger charge is 2.24. The van der Waals surface area contributed by atoms with Gasteiger partial charge in [-0.25, -0.2) is 4.39 Å². The Kier molecular flexibility index (Phi) is 3.88. The van der Waals surface area contributed by atoms with Crippen LogP contribution in [0, 0.1) is 17.1 Å². The van der Waals surface area contributed by atoms with Gasteiger partial charge in [-0.15, -0.1) is 0 Å². The fourth-order valence-electron chi connectivity index (χ4n) is 1.69. The molecule has 0 amide bonds. The molecular weight excluding hydrogens is 267 g/mol. The minimum absolute atomic E-state index is 0.00466. The van der Waals surface area contributed by atoms with Gasteiger partial charge in [0.05, 0.1) is 11.1 Å². The molecule has 0 bridgehead atoms. The summed E-state index contributed by atoms with van der Waals surface area (Å²) in [4.78, 5) is 16.1. The van der Waals surface area contributed by atoms with E-state index in [0.29, 0.717) is 5.56 Å². The number of hydrogen-bond donors (Lipinski definition) is 0. The van der Waals surface area contributed by atoms with E-state index in [1.807, 2.05) is 6.07 Å². The van der Waals surface area contributed by atoms with E-state index in [1.165, 1.54) is 24.5 Å². The zero-order chi connectivity index (χ0) is 13.8. The number of carbonyl (C=O) groups is 1. The average Bonchev–Trinajstić information content (AvgIpc) is 2.44. The van der Waals surface area contributed by atoms with E-state index in [4.69, 9.17) is 16.9 Å². The lowest BCUT2D eigenvalue weighted by Crippen LogP contribution is -2.12. The number of halogens is 2. The van der Waals surface area contributed by atoms with E-state index in [0.717, 1.165) is 6.07 Å². The van der Waals surface area contributed by atoms with Crippen LogP contribution in [0.3, 0.4) is 0 Å². The SMILES string of the molecule is N#CC(C(=O)c1cccc(F)c1Cl)c1ccncc1. The number of benzene rings is 1. The van der Waals surface area contributed by atoms with Gasteiger partial charge in [0.2, 0.25) is 0 Å². The summed E-state index contributed by atoms with van der Waals surface area (Å²) in [6.45, 7) is 0. The number of Topliss-reactive ketones (excluding diaryl/α,β-unsaturated/α-hetero) is 1. The summed E-state index contributed by atoms with van der Waals surface area (Å²) >= 11 is 5.76. The van der Waals surface area contributed by atoms with Crippen LogP contribution in [0.1, 0.15) is 21.8 Å². The molecule has 2 aromatic rings. The fraction of sp³-hybridized carbons (Fsp3) is 0.0714. The molecule has 0 aliphatic heterocycles. The normalized spacial score (nSPS) is 11.6. The van der Waals surface area contributed by atoms with Crippen molar-refractivity contribution < 1.29 is 9.18 Å². The third kappa shape index (κ3) is 2.61. The van der Waals surface area contributed by atoms with Crippen LogP contribution in [0.25, 0.3) is 0 Å². The van der Waals surface area contributed by atoms with Gasteiger partial charge in [-0.3, -0.25) is 9.78 Å². The van der Waals surface area contributed by atoms with Crippen molar-refractivity contribution >= 4 is 17.4 Å². The zero-order valence-corrected chi connectivity index (χ0v) is 10.4. The predicted molar refractivity (Wildman–Crippen MR) is 68.3 cm³/mol. The van der Waals surface area contributed by atoms with Gasteiger partial charge in [0.15, 0.2) is 5.78 Å². The molecule has 1 atom stereocenters. The van der Waals surface area contributed by atoms with Crippen molar-refractivity contribution in [3.05, 3.63) is 64.7 Å². The summed E-state index contributed by atoms with van der Waals surface area (Å²) in [5.74, 6) is -2.24. The highest BCUT2D eigenvalue weighted by molar-refractivity contribution is 6.34. The number of carbonyl (C=O) groups excluding carboxylic acids is 1. The van der Waals surface area contributed by atoms with Crippen LogP contribution in [0.5, 0.6) is 0 Å². The molecule has 1 aromatic carbocycles. The molecule has 0 aliphatic carbocycles. The smallest absolute Gasteiger partial charge is 0.186 e. The molecule has 0 radical (unpaired) electrons. The summed E-state index contributed by atoms with van der Waals surface area (Å²) in [5.41, 5.74) is 0.507. The summed E-state index contributed by atoms with van der Waals surface area (Å²) < 4.78 is 13.3. The van der Waals surface area contributed by atoms with Gasteiger partial charge < -0.3 is 0 Å². The molecule has 3 nitrogen and oxygen atoms in total. The molecule has 1 heterocycles. The third-order valence-corrected chi connectivity index (χ3v) is 3.03. The first kappa shape index (κ1) is 13.2. The fourth-order valence-corrected chi connectivity index (χ4v) is 1.91. The van der Waals surface area contributed by atoms with Gasteiger partial charge in [0.25, 0.3) is 0 Å². The van der Waals surface area contributed by atoms with E-state index >= 15 is 0 Å². The highest BCUT2D eigenvalue weighted by atomic mass is 35.5. The molecular formula is C14H8ClFN2O. The van der Waals surface area contributed by atoms with Gasteiger partial charge in [-0.05, 0) is 29.8 Å². The van der Waals surface area contributed by atoms with Crippen LogP contribution >= 0.6 is 11.6 Å². The van der Waals surface area contributed by atoms with E-state index < -0.39 is 17.5 Å². The monoisotopic (exact) mass is 274 g/mol. The van der Waals surface area contributed by atoms with Crippen molar-refractivity contribution in [3.8, 4) is 6.07 Å². The lowest BCUT2D eigenvalue weighted by molar-refractivity contribution is 0.0978. The second-order valence-electron chi connectivity index (χ2n) is 3.81. The molecule has 1 unspecified atom stereocenters. The number of nitriles is 1. The quantitative estimate of drug-likeness (QED) is 0.807. The molecule has 2 rings (SSSR count). The molecule has 0 spiro atoms. The largest absolute Gasteiger partial charge is 0.292 e. The Balaban J connectivity index is 2.43. The van der Waals surface area contributed by atoms with E-state index in [2.05, 4.69) is 4.98 Å². The van der Waals surface area contributed by atoms with Crippen molar-refractivity contribution in [2.75, 3.05) is 0 Å². The number of aromatic nitrogens is 1. The molecule has 0 aliphatic rings. The van der Waals surface area contributed by atoms with Crippen LogP contribution < -0.4 is 0 Å². The Bertz CT molecular complexity index is 652. The molecule has 1 aromatic heterocycles. The number of rotatable bonds is 3. The van der Waals surface area contributed by atoms with Crippen LogP contribution in [-0.4, -0.2) is 10.8 Å². The maximum Gasteiger partial charge on any atom is 0.186 e. The lowest BCUT2D eigenvalue weighted by atomic mass is 9.92. The number of pyridine rings is 1. The standard InChI is InChI=1S/C14H8ClFN2O/c15-13-10(2-1-3-12(13)16)14(19)11(8-17)9-4-6-18-7-5-9/h1-7,11H. The highest BCUT2D eigenvalue weighted by Crippen LogP contribution is 2.26. The minimum atomic E-state index is -1.03. The summed E-state index contributed by atoms with van der Waals surface area (Å²) in [7, 11) is 0. The second kappa shape index (κ2) is 5.59. The molecule has 0 N–H and O–H groups in total. The molecule has 94 valence electrons. The van der Waals surface area contributed by atoms with Crippen molar-refractivity contribution in [2.24, 2.45) is 0 Å². The summed E-state index contributed by atoms with van der Waals surface area (Å²) in [6.07, 6.45) is 2.97. The Morgan fingerprint density at radius 2 is 2.00 bits per heavy atom. The van der Waals surface area contributed by atoms with Gasteiger partial charge in [0, 0.05) is 18.0 Å². The lowest BCUT2D eigenvalue weighted by Gasteiger charge is -2.09. The minimum Gasteiger partial charge on any atom is -0.292 e. The summed E-state index contributed by atoms with van der Waals surface area (Å²) in [6, 6.07) is 8.99. The number of nitrogens with zero attached hydrogens (tertiary/aromatic N) is 2. The van der Waals surface area contributed by atoms with Gasteiger partial charge >= 0.3 is 0 Å². The third-order valence-electron chi connectivity index (χ3n) is 2.65. The maximum absolute atomic E-state index is 13.3. The maximum atomic E-state index is 13.3. The Morgan fingerprint density at radius 1 is 1.32 bits per heavy atom. The van der Waals surface area contributed by atoms with E-state index in [1.54, 1.807) is 12.1 Å².